The molecule has 3 aromatic carbocycles. The number of hydrogen-bond donors (Lipinski definition) is 1. The third kappa shape index (κ3) is 5.73. The van der Waals surface area contributed by atoms with E-state index in [9.17, 15) is 4.39 Å². The van der Waals surface area contributed by atoms with Crippen LogP contribution in [0.4, 0.5) is 15.9 Å². The molecule has 0 amide bonds. The van der Waals surface area contributed by atoms with E-state index >= 15 is 0 Å². The maximum absolute atomic E-state index is 13.4. The molecule has 1 N–H and O–H groups in total. The van der Waals surface area contributed by atoms with Gasteiger partial charge in [-0.1, -0.05) is 29.8 Å². The summed E-state index contributed by atoms with van der Waals surface area (Å²) in [5.74, 6) is 1.52. The van der Waals surface area contributed by atoms with Crippen LogP contribution in [0.25, 0.3) is 10.9 Å². The summed E-state index contributed by atoms with van der Waals surface area (Å²) >= 11 is 6.46. The van der Waals surface area contributed by atoms with Crippen molar-refractivity contribution in [3.05, 3.63) is 83.4 Å². The number of fused-ring (bicyclic) bond motifs is 1. The maximum Gasteiger partial charge on any atom is 0.145 e. The van der Waals surface area contributed by atoms with E-state index in [1.807, 2.05) is 38.4 Å². The van der Waals surface area contributed by atoms with Gasteiger partial charge in [0.1, 0.15) is 42.7 Å². The lowest BCUT2D eigenvalue weighted by atomic mass is 10.2. The number of nitrogens with one attached hydrogen (secondary N) is 1. The van der Waals surface area contributed by atoms with E-state index in [1.54, 1.807) is 24.3 Å². The monoisotopic (exact) mass is 480 g/mol. The van der Waals surface area contributed by atoms with Crippen LogP contribution in [0.2, 0.25) is 5.02 Å². The van der Waals surface area contributed by atoms with Crippen molar-refractivity contribution in [2.75, 3.05) is 26.0 Å². The summed E-state index contributed by atoms with van der Waals surface area (Å²) in [4.78, 5) is 10.9. The van der Waals surface area contributed by atoms with E-state index in [4.69, 9.17) is 21.1 Å². The Labute approximate surface area is 203 Å². The van der Waals surface area contributed by atoms with Crippen molar-refractivity contribution in [3.63, 3.8) is 0 Å². The van der Waals surface area contributed by atoms with E-state index in [0.717, 1.165) is 22.2 Å². The molecule has 176 valence electrons. The normalized spacial score (nSPS) is 12.1. The van der Waals surface area contributed by atoms with Gasteiger partial charge in [-0.3, -0.25) is 0 Å². The molecule has 0 spiro atoms. The minimum Gasteiger partial charge on any atom is -0.491 e. The number of rotatable bonds is 9. The van der Waals surface area contributed by atoms with Gasteiger partial charge in [0.25, 0.3) is 0 Å². The Balaban J connectivity index is 1.53. The fourth-order valence-electron chi connectivity index (χ4n) is 3.27. The number of hydrogen-bond acceptors (Lipinski definition) is 6. The second-order valence-electron chi connectivity index (χ2n) is 8.18. The first-order valence-corrected chi connectivity index (χ1v) is 11.3. The third-order valence-electron chi connectivity index (χ3n) is 5.46. The number of aromatic nitrogens is 2. The molecule has 0 aliphatic carbocycles. The fourth-order valence-corrected chi connectivity index (χ4v) is 3.51. The van der Waals surface area contributed by atoms with Crippen LogP contribution >= 0.6 is 11.6 Å². The summed E-state index contributed by atoms with van der Waals surface area (Å²) in [6.07, 6.45) is 1.51. The lowest BCUT2D eigenvalue weighted by molar-refractivity contribution is 0.200. The largest absolute Gasteiger partial charge is 0.491 e. The van der Waals surface area contributed by atoms with Gasteiger partial charge in [-0.05, 0) is 69.0 Å². The van der Waals surface area contributed by atoms with Crippen molar-refractivity contribution < 1.29 is 13.9 Å². The van der Waals surface area contributed by atoms with Crippen molar-refractivity contribution in [2.45, 2.75) is 19.6 Å². The molecule has 34 heavy (non-hydrogen) atoms. The molecular formula is C26H26ClFN4O2. The topological polar surface area (TPSA) is 59.5 Å². The number of likely N-dealkylation sites (N-methyl/N-ethyl adjacent to an activating group) is 1. The van der Waals surface area contributed by atoms with Gasteiger partial charge in [0, 0.05) is 11.7 Å². The number of anilines is 2. The van der Waals surface area contributed by atoms with Crippen molar-refractivity contribution >= 4 is 34.0 Å². The third-order valence-corrected chi connectivity index (χ3v) is 5.76. The number of benzene rings is 3. The van der Waals surface area contributed by atoms with Gasteiger partial charge < -0.3 is 19.7 Å². The van der Waals surface area contributed by atoms with Crippen LogP contribution in [0.5, 0.6) is 11.5 Å². The van der Waals surface area contributed by atoms with Gasteiger partial charge in [-0.2, -0.15) is 0 Å². The Hall–Kier alpha value is -3.42. The quantitative estimate of drug-likeness (QED) is 0.313. The highest BCUT2D eigenvalue weighted by molar-refractivity contribution is 6.32. The van der Waals surface area contributed by atoms with Crippen molar-refractivity contribution in [2.24, 2.45) is 0 Å². The first-order chi connectivity index (χ1) is 16.4. The Morgan fingerprint density at radius 3 is 2.59 bits per heavy atom. The Morgan fingerprint density at radius 2 is 1.82 bits per heavy atom. The summed E-state index contributed by atoms with van der Waals surface area (Å²) in [7, 11) is 4.03. The van der Waals surface area contributed by atoms with E-state index in [-0.39, 0.29) is 18.5 Å². The van der Waals surface area contributed by atoms with Crippen molar-refractivity contribution in [1.29, 1.82) is 0 Å². The standard InChI is InChI=1S/C26H26ClFN4O2/c1-17(32(2)3)14-33-24-9-5-8-22-25(24)26(30-16-29-22)31-20-10-11-23(21(27)13-20)34-15-18-6-4-7-19(28)12-18/h4-13,16-17H,14-15H2,1-3H3,(H,29,30,31). The summed E-state index contributed by atoms with van der Waals surface area (Å²) in [5.41, 5.74) is 2.23. The van der Waals surface area contributed by atoms with Crippen LogP contribution in [-0.4, -0.2) is 41.6 Å². The van der Waals surface area contributed by atoms with Crippen molar-refractivity contribution in [1.82, 2.24) is 14.9 Å². The minimum absolute atomic E-state index is 0.215. The Bertz CT molecular complexity index is 1280. The molecule has 0 saturated heterocycles. The maximum atomic E-state index is 13.4. The van der Waals surface area contributed by atoms with Gasteiger partial charge in [0.2, 0.25) is 0 Å². The first kappa shape index (κ1) is 23.7. The average Bonchev–Trinajstić information content (AvgIpc) is 2.82. The highest BCUT2D eigenvalue weighted by Crippen LogP contribution is 2.34. The zero-order chi connectivity index (χ0) is 24.1. The lowest BCUT2D eigenvalue weighted by Gasteiger charge is -2.21. The van der Waals surface area contributed by atoms with Crippen LogP contribution in [0, 0.1) is 5.82 Å². The molecule has 0 aliphatic heterocycles. The lowest BCUT2D eigenvalue weighted by Crippen LogP contribution is -2.30. The molecule has 4 rings (SSSR count). The molecule has 6 nitrogen and oxygen atoms in total. The first-order valence-electron chi connectivity index (χ1n) is 10.9. The van der Waals surface area contributed by atoms with Crippen LogP contribution < -0.4 is 14.8 Å². The number of halogens is 2. The molecule has 1 aromatic heterocycles. The van der Waals surface area contributed by atoms with E-state index < -0.39 is 0 Å². The molecule has 0 radical (unpaired) electrons. The van der Waals surface area contributed by atoms with Crippen LogP contribution in [0.3, 0.4) is 0 Å². The van der Waals surface area contributed by atoms with E-state index in [2.05, 4.69) is 27.1 Å². The fraction of sp³-hybridized carbons (Fsp3) is 0.231. The molecule has 4 aromatic rings. The smallest absolute Gasteiger partial charge is 0.145 e. The molecule has 8 heteroatoms. The van der Waals surface area contributed by atoms with Crippen LogP contribution in [0.1, 0.15) is 12.5 Å². The number of ether oxygens (including phenoxy) is 2. The zero-order valence-corrected chi connectivity index (χ0v) is 20.0. The predicted octanol–water partition coefficient (Wildman–Crippen LogP) is 6.07. The van der Waals surface area contributed by atoms with E-state index in [0.29, 0.717) is 28.9 Å². The van der Waals surface area contributed by atoms with Gasteiger partial charge in [-0.15, -0.1) is 0 Å². The zero-order valence-electron chi connectivity index (χ0n) is 19.3. The number of nitrogens with zero attached hydrogens (tertiary/aromatic N) is 3. The highest BCUT2D eigenvalue weighted by atomic mass is 35.5. The second kappa shape index (κ2) is 10.7. The van der Waals surface area contributed by atoms with Gasteiger partial charge in [0.05, 0.1) is 15.9 Å². The predicted molar refractivity (Wildman–Crippen MR) is 134 cm³/mol. The minimum atomic E-state index is -0.302. The molecule has 0 fully saturated rings. The van der Waals surface area contributed by atoms with Crippen LogP contribution in [0.15, 0.2) is 67.0 Å². The summed E-state index contributed by atoms with van der Waals surface area (Å²) in [6, 6.07) is 17.6. The average molecular weight is 481 g/mol. The van der Waals surface area contributed by atoms with Gasteiger partial charge >= 0.3 is 0 Å². The summed E-state index contributed by atoms with van der Waals surface area (Å²) in [5, 5.41) is 4.53. The molecule has 1 heterocycles. The second-order valence-corrected chi connectivity index (χ2v) is 8.59. The molecule has 1 unspecified atom stereocenters. The van der Waals surface area contributed by atoms with Crippen molar-refractivity contribution in [3.8, 4) is 11.5 Å². The Kier molecular flexibility index (Phi) is 7.45. The van der Waals surface area contributed by atoms with Gasteiger partial charge in [-0.25, -0.2) is 14.4 Å². The molecule has 0 bridgehead atoms. The van der Waals surface area contributed by atoms with Crippen LogP contribution in [-0.2, 0) is 6.61 Å². The molecular weight excluding hydrogens is 455 g/mol. The van der Waals surface area contributed by atoms with E-state index in [1.165, 1.54) is 18.5 Å². The molecule has 0 aliphatic rings. The summed E-state index contributed by atoms with van der Waals surface area (Å²) < 4.78 is 25.3. The molecule has 1 atom stereocenters. The summed E-state index contributed by atoms with van der Waals surface area (Å²) in [6.45, 7) is 2.84. The van der Waals surface area contributed by atoms with Gasteiger partial charge in [0.15, 0.2) is 0 Å². The highest BCUT2D eigenvalue weighted by Gasteiger charge is 2.13. The SMILES string of the molecule is CC(COc1cccc2ncnc(Nc3ccc(OCc4cccc(F)c4)c(Cl)c3)c12)N(C)C. The molecule has 0 saturated carbocycles. The Morgan fingerprint density at radius 1 is 1.00 bits per heavy atom.